The number of hydrogen-bond acceptors (Lipinski definition) is 12. The lowest BCUT2D eigenvalue weighted by atomic mass is 10.1. The summed E-state index contributed by atoms with van der Waals surface area (Å²) in [4.78, 5) is 90.6. The zero-order chi connectivity index (χ0) is 45.0. The Labute approximate surface area is 404 Å². The summed E-state index contributed by atoms with van der Waals surface area (Å²) >= 11 is 16.0. The predicted octanol–water partition coefficient (Wildman–Crippen LogP) is 10.3. The van der Waals surface area contributed by atoms with E-state index in [1.54, 1.807) is 24.0 Å². The van der Waals surface area contributed by atoms with Gasteiger partial charge >= 0.3 is 0 Å². The number of halogens is 3. The van der Waals surface area contributed by atoms with Crippen molar-refractivity contribution < 1.29 is 28.8 Å². The number of rotatable bonds is 12. The van der Waals surface area contributed by atoms with Crippen molar-refractivity contribution in [1.29, 1.82) is 0 Å². The van der Waals surface area contributed by atoms with Crippen LogP contribution in [0.3, 0.4) is 0 Å². The fraction of sp³-hybridized carbons (Fsp3) is 0.111. The SMILES string of the molecule is C.NC(=S)C(=O)c1c[nH]c2ccccc12.O=C(CBr)C(=O)CBr.O=C(CBr)c1csc(C(=O)c2c[nH]c3ccccc23)n1.O=C(c1nc(C2=CCC=N2)cs1)c1c[nH]c2ccccc12. The van der Waals surface area contributed by atoms with Gasteiger partial charge in [-0.1, -0.05) is 128 Å². The van der Waals surface area contributed by atoms with Gasteiger partial charge in [-0.2, -0.15) is 0 Å². The quantitative estimate of drug-likeness (QED) is 0.0393. The average Bonchev–Trinajstić information content (AvgIpc) is 4.18. The fourth-order valence-electron chi connectivity index (χ4n) is 5.90. The summed E-state index contributed by atoms with van der Waals surface area (Å²) in [6.45, 7) is 0. The first-order valence-electron chi connectivity index (χ1n) is 18.5. The molecule has 8 aromatic rings. The van der Waals surface area contributed by atoms with Crippen molar-refractivity contribution >= 4 is 167 Å². The molecule has 326 valence electrons. The van der Waals surface area contributed by atoms with Crippen LogP contribution < -0.4 is 5.73 Å². The van der Waals surface area contributed by atoms with Crippen molar-refractivity contribution in [3.63, 3.8) is 0 Å². The maximum absolute atomic E-state index is 12.6. The van der Waals surface area contributed by atoms with Gasteiger partial charge in [0.15, 0.2) is 15.8 Å². The third-order valence-electron chi connectivity index (χ3n) is 8.99. The first kappa shape index (κ1) is 49.3. The summed E-state index contributed by atoms with van der Waals surface area (Å²) in [6.07, 6.45) is 9.75. The van der Waals surface area contributed by atoms with E-state index in [9.17, 15) is 28.8 Å². The molecule has 6 heterocycles. The molecule has 0 saturated carbocycles. The molecule has 0 unspecified atom stereocenters. The number of Topliss-reactive ketones (excluding diaryl/α,β-unsaturated/α-hetero) is 4. The molecule has 0 aliphatic carbocycles. The van der Waals surface area contributed by atoms with Gasteiger partial charge in [-0.25, -0.2) is 9.97 Å². The minimum absolute atomic E-state index is 0. The maximum atomic E-state index is 12.6. The van der Waals surface area contributed by atoms with Crippen LogP contribution in [-0.2, 0) is 9.59 Å². The second-order valence-corrected chi connectivity index (χ2v) is 16.8. The predicted molar refractivity (Wildman–Crippen MR) is 271 cm³/mol. The zero-order valence-corrected chi connectivity index (χ0v) is 39.7. The van der Waals surface area contributed by atoms with E-state index in [1.807, 2.05) is 90.5 Å². The molecule has 0 saturated heterocycles. The molecule has 0 bridgehead atoms. The molecular formula is C45H36Br3N7O6S3. The Balaban J connectivity index is 0.000000168. The lowest BCUT2D eigenvalue weighted by Gasteiger charge is -1.95. The number of nitrogens with two attached hydrogens (primary N) is 1. The standard InChI is InChI=1S/C16H11N3OS.C14H9BrN2O2S.C10H8N2OS.C4H4Br2O2.CH4/c20-15(11-8-18-12-5-2-1-4-10(11)12)16-19-14(9-21-16)13-6-3-7-17-13;15-5-12(18)11-7-20-14(17-11)13(19)9-6-16-10-4-2-1-3-8(9)10;11-10(14)9(13)7-5-12-8-4-2-1-3-6(7)8;5-1-3(7)4(8)2-6;/h1-2,4-9,18H,3H2;1-4,6-7,16H,5H2;1-5,12H,(H2,11,14);1-2H2;1H4. The highest BCUT2D eigenvalue weighted by molar-refractivity contribution is 9.10. The number of aromatic amines is 3. The summed E-state index contributed by atoms with van der Waals surface area (Å²) in [5.41, 5.74) is 11.8. The zero-order valence-electron chi connectivity index (χ0n) is 32.5. The normalized spacial score (nSPS) is 11.3. The minimum Gasteiger partial charge on any atom is -0.387 e. The van der Waals surface area contributed by atoms with Gasteiger partial charge in [-0.15, -0.1) is 22.7 Å². The Morgan fingerprint density at radius 3 is 1.55 bits per heavy atom. The van der Waals surface area contributed by atoms with Crippen LogP contribution in [0.25, 0.3) is 38.4 Å². The number of aromatic nitrogens is 5. The molecule has 0 spiro atoms. The van der Waals surface area contributed by atoms with Crippen molar-refractivity contribution in [2.45, 2.75) is 13.8 Å². The van der Waals surface area contributed by atoms with E-state index in [4.69, 9.17) is 5.73 Å². The van der Waals surface area contributed by atoms with Gasteiger partial charge in [0.05, 0.1) is 38.4 Å². The van der Waals surface area contributed by atoms with Gasteiger partial charge in [-0.3, -0.25) is 33.8 Å². The van der Waals surface area contributed by atoms with E-state index in [2.05, 4.69) is 89.9 Å². The molecule has 1 aliphatic heterocycles. The van der Waals surface area contributed by atoms with Crippen molar-refractivity contribution in [1.82, 2.24) is 24.9 Å². The van der Waals surface area contributed by atoms with Crippen molar-refractivity contribution in [2.24, 2.45) is 10.7 Å². The number of nitrogens with zero attached hydrogens (tertiary/aromatic N) is 3. The number of carbonyl (C=O) groups is 6. The number of alkyl halides is 3. The Bertz CT molecular complexity index is 3070. The lowest BCUT2D eigenvalue weighted by molar-refractivity contribution is -0.133. The van der Waals surface area contributed by atoms with Gasteiger partial charge in [0.25, 0.3) is 0 Å². The number of nitrogens with one attached hydrogen (secondary N) is 3. The number of ketones is 6. The average molecular weight is 1110 g/mol. The smallest absolute Gasteiger partial charge is 0.223 e. The molecule has 9 rings (SSSR count). The molecule has 64 heavy (non-hydrogen) atoms. The van der Waals surface area contributed by atoms with E-state index in [0.29, 0.717) is 32.4 Å². The fourth-order valence-corrected chi connectivity index (χ4v) is 8.46. The van der Waals surface area contributed by atoms with E-state index >= 15 is 0 Å². The van der Waals surface area contributed by atoms with Crippen LogP contribution in [0.1, 0.15) is 71.1 Å². The van der Waals surface area contributed by atoms with Crippen LogP contribution in [0.4, 0.5) is 0 Å². The van der Waals surface area contributed by atoms with E-state index in [-0.39, 0.29) is 63.1 Å². The van der Waals surface area contributed by atoms with E-state index in [1.165, 1.54) is 22.7 Å². The number of aliphatic imine (C=N–C) groups is 1. The van der Waals surface area contributed by atoms with Crippen molar-refractivity contribution in [2.75, 3.05) is 16.0 Å². The molecular weight excluding hydrogens is 1070 g/mol. The van der Waals surface area contributed by atoms with Crippen molar-refractivity contribution in [3.05, 3.63) is 146 Å². The number of para-hydroxylation sites is 3. The molecule has 0 amide bonds. The van der Waals surface area contributed by atoms with Crippen molar-refractivity contribution in [3.8, 4) is 0 Å². The molecule has 3 aromatic carbocycles. The number of thiocarbonyl (C=S) groups is 1. The minimum atomic E-state index is -0.387. The second kappa shape index (κ2) is 23.3. The number of fused-ring (bicyclic) bond motifs is 3. The highest BCUT2D eigenvalue weighted by Crippen LogP contribution is 2.27. The van der Waals surface area contributed by atoms with Crippen LogP contribution in [0, 0.1) is 0 Å². The second-order valence-electron chi connectivity index (χ2n) is 13.0. The molecule has 5 aromatic heterocycles. The first-order chi connectivity index (χ1) is 30.4. The number of thiazole rings is 2. The highest BCUT2D eigenvalue weighted by atomic mass is 79.9. The topological polar surface area (TPSA) is 214 Å². The van der Waals surface area contributed by atoms with Gasteiger partial charge in [-0.05, 0) is 18.2 Å². The summed E-state index contributed by atoms with van der Waals surface area (Å²) in [7, 11) is 0. The number of H-pyrrole nitrogens is 3. The lowest BCUT2D eigenvalue weighted by Crippen LogP contribution is -2.20. The van der Waals surface area contributed by atoms with Crippen LogP contribution in [0.2, 0.25) is 0 Å². The van der Waals surface area contributed by atoms with Gasteiger partial charge in [0.1, 0.15) is 16.4 Å². The maximum Gasteiger partial charge on any atom is 0.223 e. The summed E-state index contributed by atoms with van der Waals surface area (Å²) in [5, 5.41) is 7.43. The Hall–Kier alpha value is -5.70. The van der Waals surface area contributed by atoms with Crippen LogP contribution in [0.15, 0.2) is 113 Å². The molecule has 13 nitrogen and oxygen atoms in total. The Kier molecular flexibility index (Phi) is 18.0. The molecule has 19 heteroatoms. The van der Waals surface area contributed by atoms with Crippen LogP contribution in [0.5, 0.6) is 0 Å². The van der Waals surface area contributed by atoms with Crippen LogP contribution in [-0.4, -0.2) is 86.8 Å². The largest absolute Gasteiger partial charge is 0.387 e. The number of benzene rings is 3. The Morgan fingerprint density at radius 2 is 1.09 bits per heavy atom. The number of carbonyl (C=O) groups excluding carboxylic acids is 6. The number of hydrogen-bond donors (Lipinski definition) is 4. The third-order valence-corrected chi connectivity index (χ3v) is 12.4. The molecule has 1 aliphatic rings. The van der Waals surface area contributed by atoms with Gasteiger partial charge in [0.2, 0.25) is 28.9 Å². The first-order valence-corrected chi connectivity index (χ1v) is 24.0. The molecule has 0 fully saturated rings. The molecule has 0 radical (unpaired) electrons. The van der Waals surface area contributed by atoms with Gasteiger partial charge < -0.3 is 20.7 Å². The molecule has 0 atom stereocenters. The monoisotopic (exact) mass is 1100 g/mol. The summed E-state index contributed by atoms with van der Waals surface area (Å²) < 4.78 is 0. The third kappa shape index (κ3) is 11.7. The molecule has 5 N–H and O–H groups in total. The van der Waals surface area contributed by atoms with E-state index in [0.717, 1.165) is 50.5 Å². The Morgan fingerprint density at radius 1 is 0.641 bits per heavy atom. The van der Waals surface area contributed by atoms with E-state index < -0.39 is 0 Å². The summed E-state index contributed by atoms with van der Waals surface area (Å²) in [6, 6.07) is 22.9. The summed E-state index contributed by atoms with van der Waals surface area (Å²) in [5.74, 6) is -1.41. The van der Waals surface area contributed by atoms with Gasteiger partial charge in [0, 0.05) is 74.7 Å². The highest BCUT2D eigenvalue weighted by Gasteiger charge is 2.21. The number of allylic oxidation sites excluding steroid dienone is 1. The van der Waals surface area contributed by atoms with Crippen LogP contribution >= 0.6 is 82.7 Å².